The summed E-state index contributed by atoms with van der Waals surface area (Å²) >= 11 is 1.70. The second-order valence-electron chi connectivity index (χ2n) is 7.55. The lowest BCUT2D eigenvalue weighted by Gasteiger charge is -2.35. The Labute approximate surface area is 178 Å². The van der Waals surface area contributed by atoms with Gasteiger partial charge in [0.05, 0.1) is 25.4 Å². The number of thioether (sulfide) groups is 1. The van der Waals surface area contributed by atoms with E-state index >= 15 is 0 Å². The molecule has 2 saturated heterocycles. The minimum Gasteiger partial charge on any atom is -0.376 e. The Morgan fingerprint density at radius 1 is 1.24 bits per heavy atom. The number of likely N-dealkylation sites (tertiary alicyclic amines) is 1. The highest BCUT2D eigenvalue weighted by Crippen LogP contribution is 2.19. The first kappa shape index (κ1) is 22.4. The van der Waals surface area contributed by atoms with E-state index in [1.807, 2.05) is 12.1 Å². The Morgan fingerprint density at radius 2 is 2.03 bits per heavy atom. The van der Waals surface area contributed by atoms with Crippen molar-refractivity contribution in [2.24, 2.45) is 4.99 Å². The van der Waals surface area contributed by atoms with Crippen molar-refractivity contribution in [3.8, 4) is 0 Å². The Hall–Kier alpha value is -1.31. The van der Waals surface area contributed by atoms with E-state index < -0.39 is 0 Å². The van der Waals surface area contributed by atoms with Gasteiger partial charge in [0.25, 0.3) is 0 Å². The van der Waals surface area contributed by atoms with E-state index in [0.29, 0.717) is 12.2 Å². The van der Waals surface area contributed by atoms with Gasteiger partial charge < -0.3 is 19.7 Å². The molecule has 1 atom stereocenters. The molecule has 5 nitrogen and oxygen atoms in total. The number of hydrogen-bond donors (Lipinski definition) is 1. The van der Waals surface area contributed by atoms with Crippen LogP contribution in [-0.4, -0.2) is 68.2 Å². The lowest BCUT2D eigenvalue weighted by atomic mass is 10.1. The third-order valence-corrected chi connectivity index (χ3v) is 6.30. The molecular weight excluding hydrogens is 389 g/mol. The van der Waals surface area contributed by atoms with Crippen LogP contribution < -0.4 is 5.32 Å². The van der Waals surface area contributed by atoms with Gasteiger partial charge in [-0.05, 0) is 63.3 Å². The highest BCUT2D eigenvalue weighted by atomic mass is 32.2. The summed E-state index contributed by atoms with van der Waals surface area (Å²) in [6.07, 6.45) is 6.25. The quantitative estimate of drug-likeness (QED) is 0.297. The van der Waals surface area contributed by atoms with Crippen LogP contribution in [0, 0.1) is 5.82 Å². The summed E-state index contributed by atoms with van der Waals surface area (Å²) in [6.45, 7) is 7.25. The minimum absolute atomic E-state index is 0.194. The molecule has 162 valence electrons. The summed E-state index contributed by atoms with van der Waals surface area (Å²) in [5.74, 6) is 1.67. The predicted octanol–water partition coefficient (Wildman–Crippen LogP) is 3.93. The van der Waals surface area contributed by atoms with Crippen LogP contribution in [0.2, 0.25) is 0 Å². The largest absolute Gasteiger partial charge is 0.376 e. The second kappa shape index (κ2) is 12.4. The summed E-state index contributed by atoms with van der Waals surface area (Å²) in [5.41, 5.74) is 0. The van der Waals surface area contributed by atoms with Crippen LogP contribution in [0.5, 0.6) is 0 Å². The zero-order valence-electron chi connectivity index (χ0n) is 17.4. The Bertz CT molecular complexity index is 615. The molecule has 0 aromatic heterocycles. The number of nitrogens with one attached hydrogen (secondary N) is 1. The summed E-state index contributed by atoms with van der Waals surface area (Å²) in [5, 5.41) is 3.41. The minimum atomic E-state index is -0.194. The molecule has 1 aromatic rings. The molecule has 2 heterocycles. The molecule has 1 N–H and O–H groups in total. The standard InChI is InChI=1S/C22H34FN3O2S/c1-2-24-22(25-12-16-29-21-8-6-18(23)7-9-21)26-13-10-19(11-14-26)28-17-20-5-3-4-15-27-20/h6-9,19-20H,2-5,10-17H2,1H3,(H,24,25). The van der Waals surface area contributed by atoms with Gasteiger partial charge in [-0.25, -0.2) is 4.39 Å². The fraction of sp³-hybridized carbons (Fsp3) is 0.682. The molecule has 7 heteroatoms. The zero-order valence-corrected chi connectivity index (χ0v) is 18.3. The molecule has 2 aliphatic rings. The summed E-state index contributed by atoms with van der Waals surface area (Å²) < 4.78 is 24.9. The monoisotopic (exact) mass is 423 g/mol. The third-order valence-electron chi connectivity index (χ3n) is 5.30. The summed E-state index contributed by atoms with van der Waals surface area (Å²) in [6, 6.07) is 6.64. The maximum atomic E-state index is 13.0. The van der Waals surface area contributed by atoms with Crippen molar-refractivity contribution in [2.45, 2.75) is 56.1 Å². The van der Waals surface area contributed by atoms with Gasteiger partial charge >= 0.3 is 0 Å². The first-order valence-corrected chi connectivity index (χ1v) is 11.9. The van der Waals surface area contributed by atoms with Crippen LogP contribution in [0.1, 0.15) is 39.0 Å². The second-order valence-corrected chi connectivity index (χ2v) is 8.71. The molecule has 2 aliphatic heterocycles. The number of ether oxygens (including phenoxy) is 2. The number of aliphatic imine (C=N–C) groups is 1. The van der Waals surface area contributed by atoms with E-state index in [1.54, 1.807) is 11.8 Å². The van der Waals surface area contributed by atoms with E-state index in [-0.39, 0.29) is 5.82 Å². The van der Waals surface area contributed by atoms with Crippen LogP contribution in [0.15, 0.2) is 34.2 Å². The first-order chi connectivity index (χ1) is 14.2. The van der Waals surface area contributed by atoms with Crippen molar-refractivity contribution in [1.29, 1.82) is 0 Å². The van der Waals surface area contributed by atoms with E-state index in [0.717, 1.165) is 75.3 Å². The van der Waals surface area contributed by atoms with Crippen LogP contribution in [-0.2, 0) is 9.47 Å². The highest BCUT2D eigenvalue weighted by molar-refractivity contribution is 7.99. The Morgan fingerprint density at radius 3 is 2.72 bits per heavy atom. The van der Waals surface area contributed by atoms with Gasteiger partial charge in [-0.1, -0.05) is 0 Å². The van der Waals surface area contributed by atoms with Crippen molar-refractivity contribution in [2.75, 3.05) is 45.1 Å². The average Bonchev–Trinajstić information content (AvgIpc) is 2.77. The number of hydrogen-bond acceptors (Lipinski definition) is 4. The number of halogens is 1. The molecule has 0 amide bonds. The van der Waals surface area contributed by atoms with E-state index in [2.05, 4.69) is 17.1 Å². The molecule has 29 heavy (non-hydrogen) atoms. The van der Waals surface area contributed by atoms with Gasteiger partial charge in [-0.2, -0.15) is 0 Å². The van der Waals surface area contributed by atoms with Gasteiger partial charge in [0.1, 0.15) is 5.82 Å². The van der Waals surface area contributed by atoms with Gasteiger partial charge in [0.15, 0.2) is 5.96 Å². The fourth-order valence-corrected chi connectivity index (χ4v) is 4.44. The highest BCUT2D eigenvalue weighted by Gasteiger charge is 2.23. The zero-order chi connectivity index (χ0) is 20.3. The number of guanidine groups is 1. The van der Waals surface area contributed by atoms with Gasteiger partial charge in [0.2, 0.25) is 0 Å². The lowest BCUT2D eigenvalue weighted by Crippen LogP contribution is -2.47. The van der Waals surface area contributed by atoms with Crippen molar-refractivity contribution in [3.05, 3.63) is 30.1 Å². The van der Waals surface area contributed by atoms with Crippen molar-refractivity contribution >= 4 is 17.7 Å². The van der Waals surface area contributed by atoms with Crippen LogP contribution in [0.25, 0.3) is 0 Å². The van der Waals surface area contributed by atoms with Crippen LogP contribution in [0.3, 0.4) is 0 Å². The number of benzene rings is 1. The van der Waals surface area contributed by atoms with Gasteiger partial charge in [-0.15, -0.1) is 11.8 Å². The van der Waals surface area contributed by atoms with Crippen LogP contribution >= 0.6 is 11.8 Å². The normalized spacial score (nSPS) is 21.4. The molecule has 1 aromatic carbocycles. The molecule has 0 saturated carbocycles. The third kappa shape index (κ3) is 7.79. The molecular formula is C22H34FN3O2S. The van der Waals surface area contributed by atoms with E-state index in [9.17, 15) is 4.39 Å². The molecule has 0 spiro atoms. The number of rotatable bonds is 8. The summed E-state index contributed by atoms with van der Waals surface area (Å²) in [7, 11) is 0. The molecule has 0 radical (unpaired) electrons. The molecule has 0 aliphatic carbocycles. The van der Waals surface area contributed by atoms with Crippen LogP contribution in [0.4, 0.5) is 4.39 Å². The number of nitrogens with zero attached hydrogens (tertiary/aromatic N) is 2. The maximum Gasteiger partial charge on any atom is 0.193 e. The van der Waals surface area contributed by atoms with Crippen molar-refractivity contribution < 1.29 is 13.9 Å². The maximum absolute atomic E-state index is 13.0. The topological polar surface area (TPSA) is 46.1 Å². The van der Waals surface area contributed by atoms with E-state index in [1.165, 1.54) is 25.0 Å². The number of piperidine rings is 1. The molecule has 3 rings (SSSR count). The Balaban J connectivity index is 1.38. The molecule has 2 fully saturated rings. The van der Waals surface area contributed by atoms with Crippen molar-refractivity contribution in [1.82, 2.24) is 10.2 Å². The average molecular weight is 424 g/mol. The summed E-state index contributed by atoms with van der Waals surface area (Å²) in [4.78, 5) is 8.20. The van der Waals surface area contributed by atoms with Gasteiger partial charge in [0, 0.05) is 36.9 Å². The van der Waals surface area contributed by atoms with Crippen molar-refractivity contribution in [3.63, 3.8) is 0 Å². The SMILES string of the molecule is CCNC(=NCCSc1ccc(F)cc1)N1CCC(OCC2CCCCO2)CC1. The smallest absolute Gasteiger partial charge is 0.193 e. The fourth-order valence-electron chi connectivity index (χ4n) is 3.69. The van der Waals surface area contributed by atoms with Gasteiger partial charge in [-0.3, -0.25) is 4.99 Å². The first-order valence-electron chi connectivity index (χ1n) is 10.9. The predicted molar refractivity (Wildman–Crippen MR) is 117 cm³/mol. The lowest BCUT2D eigenvalue weighted by molar-refractivity contribution is -0.0721. The van der Waals surface area contributed by atoms with E-state index in [4.69, 9.17) is 14.5 Å². The Kier molecular flexibility index (Phi) is 9.57. The molecule has 1 unspecified atom stereocenters. The molecule has 0 bridgehead atoms.